The van der Waals surface area contributed by atoms with Crippen molar-refractivity contribution in [2.24, 2.45) is 0 Å². The van der Waals surface area contributed by atoms with E-state index in [1.54, 1.807) is 6.20 Å². The molecule has 0 aliphatic carbocycles. The molecule has 0 aliphatic heterocycles. The summed E-state index contributed by atoms with van der Waals surface area (Å²) in [7, 11) is 0. The zero-order valence-corrected chi connectivity index (χ0v) is 13.0. The number of aromatic nitrogens is 2. The normalized spacial score (nSPS) is 10.8. The van der Waals surface area contributed by atoms with Crippen molar-refractivity contribution in [3.05, 3.63) is 54.6 Å². The minimum atomic E-state index is -0.166. The van der Waals surface area contributed by atoms with Gasteiger partial charge in [-0.2, -0.15) is 0 Å². The van der Waals surface area contributed by atoms with Gasteiger partial charge in [-0.05, 0) is 18.9 Å². The molecule has 2 aromatic rings. The standard InChI is InChI=1S/C17H23N3O2/c1-2-22-17(21)14-20(13-16-7-4-3-5-8-16)11-6-10-19-12-9-18-15-19/h3-5,7-9,12,15H,2,6,10-11,13-14H2,1H3. The smallest absolute Gasteiger partial charge is 0.320 e. The number of carbonyl (C=O) groups excluding carboxylic acids is 1. The molecule has 0 bridgehead atoms. The second kappa shape index (κ2) is 9.00. The lowest BCUT2D eigenvalue weighted by Crippen LogP contribution is -2.32. The summed E-state index contributed by atoms with van der Waals surface area (Å²) in [6.07, 6.45) is 6.50. The summed E-state index contributed by atoms with van der Waals surface area (Å²) in [6, 6.07) is 10.2. The summed E-state index contributed by atoms with van der Waals surface area (Å²) in [4.78, 5) is 17.9. The molecule has 0 saturated carbocycles. The van der Waals surface area contributed by atoms with Crippen molar-refractivity contribution in [1.29, 1.82) is 0 Å². The highest BCUT2D eigenvalue weighted by Crippen LogP contribution is 2.06. The number of aryl methyl sites for hydroxylation is 1. The van der Waals surface area contributed by atoms with Crippen LogP contribution < -0.4 is 0 Å². The van der Waals surface area contributed by atoms with Gasteiger partial charge in [0.2, 0.25) is 0 Å². The van der Waals surface area contributed by atoms with Crippen LogP contribution in [0.15, 0.2) is 49.1 Å². The molecule has 2 rings (SSSR count). The Morgan fingerprint density at radius 1 is 1.32 bits per heavy atom. The molecule has 0 radical (unpaired) electrons. The van der Waals surface area contributed by atoms with Crippen LogP contribution >= 0.6 is 0 Å². The number of esters is 1. The predicted molar refractivity (Wildman–Crippen MR) is 85.2 cm³/mol. The van der Waals surface area contributed by atoms with Crippen molar-refractivity contribution in [3.63, 3.8) is 0 Å². The van der Waals surface area contributed by atoms with E-state index in [-0.39, 0.29) is 5.97 Å². The van der Waals surface area contributed by atoms with Crippen LogP contribution in [0.3, 0.4) is 0 Å². The van der Waals surface area contributed by atoms with E-state index in [1.807, 2.05) is 42.2 Å². The second-order valence-electron chi connectivity index (χ2n) is 5.16. The van der Waals surface area contributed by atoms with Gasteiger partial charge in [0.05, 0.1) is 19.5 Å². The number of ether oxygens (including phenoxy) is 1. The number of nitrogens with zero attached hydrogens (tertiary/aromatic N) is 3. The molecule has 0 aliphatic rings. The van der Waals surface area contributed by atoms with Crippen LogP contribution in [-0.2, 0) is 22.6 Å². The van der Waals surface area contributed by atoms with Gasteiger partial charge in [0.1, 0.15) is 0 Å². The Morgan fingerprint density at radius 3 is 2.82 bits per heavy atom. The summed E-state index contributed by atoms with van der Waals surface area (Å²) < 4.78 is 7.11. The van der Waals surface area contributed by atoms with Gasteiger partial charge >= 0.3 is 5.97 Å². The Hall–Kier alpha value is -2.14. The first-order chi connectivity index (χ1) is 10.8. The van der Waals surface area contributed by atoms with Crippen LogP contribution in [0.4, 0.5) is 0 Å². The van der Waals surface area contributed by atoms with Crippen LogP contribution in [-0.4, -0.2) is 40.1 Å². The lowest BCUT2D eigenvalue weighted by molar-refractivity contribution is -0.144. The van der Waals surface area contributed by atoms with Crippen molar-refractivity contribution in [1.82, 2.24) is 14.5 Å². The second-order valence-corrected chi connectivity index (χ2v) is 5.16. The van der Waals surface area contributed by atoms with E-state index in [0.717, 1.165) is 26.1 Å². The highest BCUT2D eigenvalue weighted by Gasteiger charge is 2.12. The van der Waals surface area contributed by atoms with E-state index in [9.17, 15) is 4.79 Å². The molecule has 1 heterocycles. The average molecular weight is 301 g/mol. The molecule has 0 unspecified atom stereocenters. The lowest BCUT2D eigenvalue weighted by Gasteiger charge is -2.21. The van der Waals surface area contributed by atoms with Crippen LogP contribution in [0, 0.1) is 0 Å². The van der Waals surface area contributed by atoms with Gasteiger partial charge in [-0.25, -0.2) is 4.98 Å². The third-order valence-electron chi connectivity index (χ3n) is 3.36. The van der Waals surface area contributed by atoms with Gasteiger partial charge in [0, 0.05) is 32.0 Å². The van der Waals surface area contributed by atoms with Crippen molar-refractivity contribution >= 4 is 5.97 Å². The number of imidazole rings is 1. The van der Waals surface area contributed by atoms with E-state index in [4.69, 9.17) is 4.74 Å². The maximum atomic E-state index is 11.8. The van der Waals surface area contributed by atoms with Gasteiger partial charge in [-0.3, -0.25) is 9.69 Å². The van der Waals surface area contributed by atoms with Crippen LogP contribution in [0.5, 0.6) is 0 Å². The molecule has 0 saturated heterocycles. The van der Waals surface area contributed by atoms with E-state index in [0.29, 0.717) is 13.2 Å². The quantitative estimate of drug-likeness (QED) is 0.667. The Balaban J connectivity index is 1.87. The Labute approximate surface area is 131 Å². The van der Waals surface area contributed by atoms with Crippen molar-refractivity contribution < 1.29 is 9.53 Å². The molecule has 22 heavy (non-hydrogen) atoms. The minimum absolute atomic E-state index is 0.166. The SMILES string of the molecule is CCOC(=O)CN(CCCn1ccnc1)Cc1ccccc1. The van der Waals surface area contributed by atoms with E-state index in [2.05, 4.69) is 22.0 Å². The summed E-state index contributed by atoms with van der Waals surface area (Å²) in [5, 5.41) is 0. The van der Waals surface area contributed by atoms with E-state index >= 15 is 0 Å². The Bertz CT molecular complexity index is 540. The fourth-order valence-electron chi connectivity index (χ4n) is 2.34. The van der Waals surface area contributed by atoms with Crippen molar-refractivity contribution in [2.75, 3.05) is 19.7 Å². The summed E-state index contributed by atoms with van der Waals surface area (Å²) in [6.45, 7) is 5.07. The number of hydrogen-bond acceptors (Lipinski definition) is 4. The Morgan fingerprint density at radius 2 is 2.14 bits per heavy atom. The molecule has 1 aromatic heterocycles. The minimum Gasteiger partial charge on any atom is -0.465 e. The van der Waals surface area contributed by atoms with Crippen molar-refractivity contribution in [3.8, 4) is 0 Å². The third-order valence-corrected chi connectivity index (χ3v) is 3.36. The van der Waals surface area contributed by atoms with Crippen LogP contribution in [0.25, 0.3) is 0 Å². The summed E-state index contributed by atoms with van der Waals surface area (Å²) >= 11 is 0. The molecule has 0 fully saturated rings. The number of hydrogen-bond donors (Lipinski definition) is 0. The fraction of sp³-hybridized carbons (Fsp3) is 0.412. The molecule has 0 atom stereocenters. The molecule has 118 valence electrons. The van der Waals surface area contributed by atoms with Gasteiger partial charge in [-0.1, -0.05) is 30.3 Å². The van der Waals surface area contributed by atoms with Crippen LogP contribution in [0.2, 0.25) is 0 Å². The van der Waals surface area contributed by atoms with Crippen molar-refractivity contribution in [2.45, 2.75) is 26.4 Å². The molecule has 0 amide bonds. The highest BCUT2D eigenvalue weighted by molar-refractivity contribution is 5.71. The molecule has 5 nitrogen and oxygen atoms in total. The maximum absolute atomic E-state index is 11.8. The molecular formula is C17H23N3O2. The van der Waals surface area contributed by atoms with Gasteiger partial charge in [0.15, 0.2) is 0 Å². The van der Waals surface area contributed by atoms with Gasteiger partial charge in [0.25, 0.3) is 0 Å². The average Bonchev–Trinajstić information content (AvgIpc) is 3.02. The van der Waals surface area contributed by atoms with E-state index in [1.165, 1.54) is 5.56 Å². The number of benzene rings is 1. The Kier molecular flexibility index (Phi) is 6.64. The molecule has 5 heteroatoms. The van der Waals surface area contributed by atoms with Gasteiger partial charge < -0.3 is 9.30 Å². The topological polar surface area (TPSA) is 47.4 Å². The number of carbonyl (C=O) groups is 1. The third kappa shape index (κ3) is 5.69. The first kappa shape index (κ1) is 16.2. The number of rotatable bonds is 9. The highest BCUT2D eigenvalue weighted by atomic mass is 16.5. The maximum Gasteiger partial charge on any atom is 0.320 e. The fourth-order valence-corrected chi connectivity index (χ4v) is 2.34. The largest absolute Gasteiger partial charge is 0.465 e. The zero-order valence-electron chi connectivity index (χ0n) is 13.0. The predicted octanol–water partition coefficient (Wildman–Crippen LogP) is 2.34. The monoisotopic (exact) mass is 301 g/mol. The zero-order chi connectivity index (χ0) is 15.6. The molecule has 1 aromatic carbocycles. The summed E-state index contributed by atoms with van der Waals surface area (Å²) in [5.41, 5.74) is 1.20. The molecular weight excluding hydrogens is 278 g/mol. The molecule has 0 N–H and O–H groups in total. The first-order valence-electron chi connectivity index (χ1n) is 7.65. The first-order valence-corrected chi connectivity index (χ1v) is 7.65. The van der Waals surface area contributed by atoms with Gasteiger partial charge in [-0.15, -0.1) is 0 Å². The molecule has 0 spiro atoms. The lowest BCUT2D eigenvalue weighted by atomic mass is 10.2. The van der Waals surface area contributed by atoms with Crippen LogP contribution in [0.1, 0.15) is 18.9 Å². The van der Waals surface area contributed by atoms with E-state index < -0.39 is 0 Å². The summed E-state index contributed by atoms with van der Waals surface area (Å²) in [5.74, 6) is -0.166.